The normalized spacial score (nSPS) is 32.4. The van der Waals surface area contributed by atoms with E-state index in [2.05, 4.69) is 0 Å². The van der Waals surface area contributed by atoms with E-state index >= 15 is 0 Å². The summed E-state index contributed by atoms with van der Waals surface area (Å²) in [7, 11) is 0. The number of hydrogen-bond acceptors (Lipinski definition) is 5. The van der Waals surface area contributed by atoms with Gasteiger partial charge in [0.15, 0.2) is 0 Å². The van der Waals surface area contributed by atoms with Crippen LogP contribution in [0.1, 0.15) is 23.7 Å². The fourth-order valence-corrected chi connectivity index (χ4v) is 2.25. The second-order valence-corrected chi connectivity index (χ2v) is 4.76. The molecule has 0 aliphatic carbocycles. The standard InChI is InChI=1S/C14H14O5/c1-3-9(16-5-1)13-11(18-13)7-15-8-12-14(19-12)10-4-2-6-17-10/h1-6,11-14H,7-8H2. The lowest BCUT2D eigenvalue weighted by atomic mass is 10.2. The van der Waals surface area contributed by atoms with Crippen molar-refractivity contribution in [1.82, 2.24) is 0 Å². The molecule has 5 nitrogen and oxygen atoms in total. The van der Waals surface area contributed by atoms with Crippen LogP contribution in [-0.2, 0) is 14.2 Å². The van der Waals surface area contributed by atoms with E-state index in [0.717, 1.165) is 11.5 Å². The maximum atomic E-state index is 5.60. The van der Waals surface area contributed by atoms with Crippen molar-refractivity contribution in [2.24, 2.45) is 0 Å². The monoisotopic (exact) mass is 262 g/mol. The van der Waals surface area contributed by atoms with Crippen LogP contribution in [0.25, 0.3) is 0 Å². The first-order chi connectivity index (χ1) is 9.42. The van der Waals surface area contributed by atoms with E-state index in [1.165, 1.54) is 0 Å². The van der Waals surface area contributed by atoms with Crippen molar-refractivity contribution in [3.63, 3.8) is 0 Å². The summed E-state index contributed by atoms with van der Waals surface area (Å²) in [5.41, 5.74) is 0. The van der Waals surface area contributed by atoms with Gasteiger partial charge in [-0.05, 0) is 24.3 Å². The van der Waals surface area contributed by atoms with Crippen molar-refractivity contribution in [2.75, 3.05) is 13.2 Å². The molecule has 0 radical (unpaired) electrons. The first-order valence-corrected chi connectivity index (χ1v) is 6.37. The van der Waals surface area contributed by atoms with Gasteiger partial charge in [0.25, 0.3) is 0 Å². The van der Waals surface area contributed by atoms with Crippen LogP contribution in [-0.4, -0.2) is 25.4 Å². The lowest BCUT2D eigenvalue weighted by Crippen LogP contribution is -2.08. The van der Waals surface area contributed by atoms with Crippen molar-refractivity contribution in [1.29, 1.82) is 0 Å². The third-order valence-electron chi connectivity index (χ3n) is 3.38. The molecule has 2 aliphatic rings. The number of hydrogen-bond donors (Lipinski definition) is 0. The Morgan fingerprint density at radius 1 is 0.842 bits per heavy atom. The Kier molecular flexibility index (Phi) is 2.69. The van der Waals surface area contributed by atoms with Gasteiger partial charge in [-0.25, -0.2) is 0 Å². The van der Waals surface area contributed by atoms with Gasteiger partial charge in [0.2, 0.25) is 0 Å². The van der Waals surface area contributed by atoms with E-state index in [0.29, 0.717) is 13.2 Å². The van der Waals surface area contributed by atoms with Crippen molar-refractivity contribution < 1.29 is 23.0 Å². The molecule has 2 aromatic heterocycles. The predicted octanol–water partition coefficient (Wildman–Crippen LogP) is 2.47. The smallest absolute Gasteiger partial charge is 0.144 e. The summed E-state index contributed by atoms with van der Waals surface area (Å²) in [4.78, 5) is 0. The van der Waals surface area contributed by atoms with Gasteiger partial charge in [-0.2, -0.15) is 0 Å². The Morgan fingerprint density at radius 3 is 1.79 bits per heavy atom. The highest BCUT2D eigenvalue weighted by Crippen LogP contribution is 2.41. The summed E-state index contributed by atoms with van der Waals surface area (Å²) in [6.07, 6.45) is 3.62. The molecule has 0 amide bonds. The molecule has 0 aromatic carbocycles. The van der Waals surface area contributed by atoms with Gasteiger partial charge in [-0.3, -0.25) is 0 Å². The van der Waals surface area contributed by atoms with Gasteiger partial charge in [-0.1, -0.05) is 0 Å². The molecular weight excluding hydrogens is 248 g/mol. The molecule has 4 heterocycles. The van der Waals surface area contributed by atoms with Gasteiger partial charge in [0.05, 0.1) is 25.7 Å². The summed E-state index contributed by atoms with van der Waals surface area (Å²) in [6.45, 7) is 1.13. The van der Waals surface area contributed by atoms with Crippen LogP contribution in [0.5, 0.6) is 0 Å². The Balaban J connectivity index is 1.18. The van der Waals surface area contributed by atoms with Crippen LogP contribution in [0.3, 0.4) is 0 Å². The molecule has 2 aliphatic heterocycles. The van der Waals surface area contributed by atoms with E-state index in [4.69, 9.17) is 23.0 Å². The first kappa shape index (κ1) is 11.3. The summed E-state index contributed by atoms with van der Waals surface area (Å²) >= 11 is 0. The maximum Gasteiger partial charge on any atom is 0.144 e. The average molecular weight is 262 g/mol. The highest BCUT2D eigenvalue weighted by Gasteiger charge is 2.45. The van der Waals surface area contributed by atoms with Crippen molar-refractivity contribution in [3.8, 4) is 0 Å². The Bertz CT molecular complexity index is 470. The Hall–Kier alpha value is -1.56. The van der Waals surface area contributed by atoms with Crippen LogP contribution in [0.4, 0.5) is 0 Å². The average Bonchev–Trinajstić information content (AvgIpc) is 3.21. The lowest BCUT2D eigenvalue weighted by Gasteiger charge is -1.97. The minimum absolute atomic E-state index is 0.0518. The van der Waals surface area contributed by atoms with Crippen LogP contribution in [0.15, 0.2) is 45.6 Å². The minimum Gasteiger partial charge on any atom is -0.466 e. The van der Waals surface area contributed by atoms with E-state index < -0.39 is 0 Å². The van der Waals surface area contributed by atoms with E-state index in [1.807, 2.05) is 24.3 Å². The highest BCUT2D eigenvalue weighted by molar-refractivity contribution is 5.11. The van der Waals surface area contributed by atoms with Crippen LogP contribution < -0.4 is 0 Å². The quantitative estimate of drug-likeness (QED) is 0.748. The predicted molar refractivity (Wildman–Crippen MR) is 63.5 cm³/mol. The second kappa shape index (κ2) is 4.52. The summed E-state index contributed by atoms with van der Waals surface area (Å²) < 4.78 is 27.1. The molecule has 2 aromatic rings. The molecule has 0 spiro atoms. The number of epoxide rings is 2. The van der Waals surface area contributed by atoms with E-state index in [-0.39, 0.29) is 24.4 Å². The zero-order chi connectivity index (χ0) is 12.7. The third-order valence-corrected chi connectivity index (χ3v) is 3.38. The number of rotatable bonds is 6. The summed E-state index contributed by atoms with van der Waals surface area (Å²) in [5.74, 6) is 1.73. The fraction of sp³-hybridized carbons (Fsp3) is 0.429. The molecular formula is C14H14O5. The molecule has 4 rings (SSSR count). The maximum absolute atomic E-state index is 5.60. The molecule has 2 fully saturated rings. The Morgan fingerprint density at radius 2 is 1.37 bits per heavy atom. The Labute approximate surface area is 110 Å². The second-order valence-electron chi connectivity index (χ2n) is 4.76. The molecule has 0 N–H and O–H groups in total. The summed E-state index contributed by atoms with van der Waals surface area (Å²) in [6, 6.07) is 7.56. The van der Waals surface area contributed by atoms with Gasteiger partial charge >= 0.3 is 0 Å². The summed E-state index contributed by atoms with van der Waals surface area (Å²) in [5, 5.41) is 0. The molecule has 100 valence electrons. The molecule has 2 saturated heterocycles. The van der Waals surface area contributed by atoms with Crippen LogP contribution in [0, 0.1) is 0 Å². The topological polar surface area (TPSA) is 60.6 Å². The minimum atomic E-state index is 0.0518. The molecule has 5 heteroatoms. The highest BCUT2D eigenvalue weighted by atomic mass is 16.6. The van der Waals surface area contributed by atoms with Crippen molar-refractivity contribution in [2.45, 2.75) is 24.4 Å². The van der Waals surface area contributed by atoms with Crippen LogP contribution in [0.2, 0.25) is 0 Å². The number of furan rings is 2. The molecule has 0 bridgehead atoms. The van der Waals surface area contributed by atoms with Gasteiger partial charge in [0.1, 0.15) is 35.9 Å². The van der Waals surface area contributed by atoms with Crippen molar-refractivity contribution in [3.05, 3.63) is 48.3 Å². The lowest BCUT2D eigenvalue weighted by molar-refractivity contribution is 0.102. The zero-order valence-corrected chi connectivity index (χ0v) is 10.2. The first-order valence-electron chi connectivity index (χ1n) is 6.37. The fourth-order valence-electron chi connectivity index (χ4n) is 2.25. The molecule has 0 saturated carbocycles. The number of ether oxygens (including phenoxy) is 3. The SMILES string of the molecule is c1coc(C2OC2COCC2OC2c2ccco2)c1. The largest absolute Gasteiger partial charge is 0.466 e. The van der Waals surface area contributed by atoms with E-state index in [9.17, 15) is 0 Å². The molecule has 4 unspecified atom stereocenters. The van der Waals surface area contributed by atoms with E-state index in [1.54, 1.807) is 12.5 Å². The van der Waals surface area contributed by atoms with Gasteiger partial charge in [-0.15, -0.1) is 0 Å². The van der Waals surface area contributed by atoms with Gasteiger partial charge < -0.3 is 23.0 Å². The molecule has 19 heavy (non-hydrogen) atoms. The van der Waals surface area contributed by atoms with Gasteiger partial charge in [0, 0.05) is 0 Å². The zero-order valence-electron chi connectivity index (χ0n) is 10.2. The van der Waals surface area contributed by atoms with Crippen molar-refractivity contribution >= 4 is 0 Å². The van der Waals surface area contributed by atoms with Crippen LogP contribution >= 0.6 is 0 Å². The third kappa shape index (κ3) is 2.32. The molecule has 4 atom stereocenters.